The van der Waals surface area contributed by atoms with Crippen LogP contribution in [0.2, 0.25) is 0 Å². The van der Waals surface area contributed by atoms with Crippen molar-refractivity contribution >= 4 is 5.78 Å². The zero-order valence-electron chi connectivity index (χ0n) is 13.0. The maximum Gasteiger partial charge on any atom is 0.193 e. The van der Waals surface area contributed by atoms with Gasteiger partial charge in [0.2, 0.25) is 0 Å². The van der Waals surface area contributed by atoms with Crippen molar-refractivity contribution in [1.29, 1.82) is 0 Å². The van der Waals surface area contributed by atoms with E-state index in [1.165, 1.54) is 0 Å². The van der Waals surface area contributed by atoms with Crippen molar-refractivity contribution < 1.29 is 4.79 Å². The fraction of sp³-hybridized carbons (Fsp3) is 0.688. The Kier molecular flexibility index (Phi) is 6.29. The van der Waals surface area contributed by atoms with Gasteiger partial charge in [0.1, 0.15) is 0 Å². The van der Waals surface area contributed by atoms with Gasteiger partial charge in [-0.1, -0.05) is 27.7 Å². The molecule has 0 spiro atoms. The number of carbonyl (C=O) groups is 1. The minimum absolute atomic E-state index is 0.222. The van der Waals surface area contributed by atoms with Gasteiger partial charge in [-0.05, 0) is 30.9 Å². The fourth-order valence-corrected chi connectivity index (χ4v) is 2.63. The summed E-state index contributed by atoms with van der Waals surface area (Å²) in [5, 5.41) is 0. The number of carbonyl (C=O) groups excluding carboxylic acids is 1. The highest BCUT2D eigenvalue weighted by atomic mass is 16.1. The lowest BCUT2D eigenvalue weighted by molar-refractivity contribution is 0.0858. The van der Waals surface area contributed by atoms with E-state index < -0.39 is 0 Å². The second kappa shape index (κ2) is 7.49. The van der Waals surface area contributed by atoms with Crippen LogP contribution in [0.3, 0.4) is 0 Å². The van der Waals surface area contributed by atoms with Crippen molar-refractivity contribution in [3.05, 3.63) is 24.0 Å². The van der Waals surface area contributed by atoms with Crippen LogP contribution < -0.4 is 0 Å². The highest BCUT2D eigenvalue weighted by Gasteiger charge is 2.20. The minimum atomic E-state index is 0.222. The van der Waals surface area contributed by atoms with Crippen LogP contribution in [0.25, 0.3) is 0 Å². The van der Waals surface area contributed by atoms with Crippen LogP contribution in [0.1, 0.15) is 51.0 Å². The molecule has 1 rings (SSSR count). The Morgan fingerprint density at radius 2 is 1.95 bits per heavy atom. The van der Waals surface area contributed by atoms with Gasteiger partial charge in [0, 0.05) is 25.8 Å². The third-order valence-corrected chi connectivity index (χ3v) is 3.63. The molecule has 0 saturated carbocycles. The third-order valence-electron chi connectivity index (χ3n) is 3.63. The molecule has 19 heavy (non-hydrogen) atoms. The molecule has 0 fully saturated rings. The quantitative estimate of drug-likeness (QED) is 0.673. The number of aromatic nitrogens is 1. The zero-order chi connectivity index (χ0) is 14.4. The van der Waals surface area contributed by atoms with E-state index in [1.807, 2.05) is 29.9 Å². The van der Waals surface area contributed by atoms with Crippen molar-refractivity contribution in [2.45, 2.75) is 46.6 Å². The summed E-state index contributed by atoms with van der Waals surface area (Å²) >= 11 is 0. The standard InChI is InChI=1S/C16H28N2O/c1-6-14(7-2)18(11-13(3)4)12-16(19)15-9-8-10-17(15)5/h8-10,13-14H,6-7,11-12H2,1-5H3. The number of rotatable bonds is 8. The molecule has 0 N–H and O–H groups in total. The average molecular weight is 264 g/mol. The maximum atomic E-state index is 12.4. The second-order valence-electron chi connectivity index (χ2n) is 5.72. The van der Waals surface area contributed by atoms with Gasteiger partial charge in [0.25, 0.3) is 0 Å². The smallest absolute Gasteiger partial charge is 0.193 e. The molecule has 0 aromatic carbocycles. The predicted octanol–water partition coefficient (Wildman–Crippen LogP) is 3.35. The molecule has 3 nitrogen and oxygen atoms in total. The first-order valence-electron chi connectivity index (χ1n) is 7.38. The van der Waals surface area contributed by atoms with Crippen molar-refractivity contribution in [2.24, 2.45) is 13.0 Å². The number of hydrogen-bond donors (Lipinski definition) is 0. The first kappa shape index (κ1) is 16.0. The van der Waals surface area contributed by atoms with Crippen LogP contribution in [0, 0.1) is 5.92 Å². The lowest BCUT2D eigenvalue weighted by Crippen LogP contribution is -2.41. The Labute approximate surface area is 117 Å². The van der Waals surface area contributed by atoms with Crippen molar-refractivity contribution in [1.82, 2.24) is 9.47 Å². The molecule has 0 aliphatic rings. The molecule has 0 atom stereocenters. The summed E-state index contributed by atoms with van der Waals surface area (Å²) in [5.41, 5.74) is 0.805. The van der Waals surface area contributed by atoms with Crippen molar-refractivity contribution in [3.8, 4) is 0 Å². The topological polar surface area (TPSA) is 25.2 Å². The number of nitrogens with zero attached hydrogens (tertiary/aromatic N) is 2. The highest BCUT2D eigenvalue weighted by Crippen LogP contribution is 2.13. The first-order valence-corrected chi connectivity index (χ1v) is 7.38. The van der Waals surface area contributed by atoms with Gasteiger partial charge in [0.05, 0.1) is 12.2 Å². The average Bonchev–Trinajstić information content (AvgIpc) is 2.76. The van der Waals surface area contributed by atoms with E-state index in [9.17, 15) is 4.79 Å². The molecule has 108 valence electrons. The number of ketones is 1. The number of Topliss-reactive ketones (excluding diaryl/α,β-unsaturated/α-hetero) is 1. The van der Waals surface area contributed by atoms with Crippen LogP contribution in [0.4, 0.5) is 0 Å². The lowest BCUT2D eigenvalue weighted by atomic mass is 10.1. The molecule has 0 unspecified atom stereocenters. The van der Waals surface area contributed by atoms with E-state index in [1.54, 1.807) is 0 Å². The van der Waals surface area contributed by atoms with Gasteiger partial charge >= 0.3 is 0 Å². The van der Waals surface area contributed by atoms with Gasteiger partial charge in [-0.3, -0.25) is 9.69 Å². The minimum Gasteiger partial charge on any atom is -0.348 e. The highest BCUT2D eigenvalue weighted by molar-refractivity contribution is 5.96. The Morgan fingerprint density at radius 1 is 1.32 bits per heavy atom. The predicted molar refractivity (Wildman–Crippen MR) is 80.5 cm³/mol. The van der Waals surface area contributed by atoms with Crippen LogP contribution in [0.15, 0.2) is 18.3 Å². The summed E-state index contributed by atoms with van der Waals surface area (Å²) in [6.45, 7) is 10.3. The molecular weight excluding hydrogens is 236 g/mol. The van der Waals surface area contributed by atoms with E-state index in [4.69, 9.17) is 0 Å². The molecule has 0 bridgehead atoms. The van der Waals surface area contributed by atoms with Gasteiger partial charge < -0.3 is 4.57 Å². The number of hydrogen-bond acceptors (Lipinski definition) is 2. The van der Waals surface area contributed by atoms with Crippen molar-refractivity contribution in [3.63, 3.8) is 0 Å². The van der Waals surface area contributed by atoms with Gasteiger partial charge in [-0.25, -0.2) is 0 Å². The van der Waals surface area contributed by atoms with Gasteiger partial charge in [-0.2, -0.15) is 0 Å². The summed E-state index contributed by atoms with van der Waals surface area (Å²) in [7, 11) is 1.93. The molecule has 0 saturated heterocycles. The summed E-state index contributed by atoms with van der Waals surface area (Å²) in [4.78, 5) is 14.7. The van der Waals surface area contributed by atoms with E-state index in [-0.39, 0.29) is 5.78 Å². The molecule has 3 heteroatoms. The summed E-state index contributed by atoms with van der Waals surface area (Å²) in [6, 6.07) is 4.34. The lowest BCUT2D eigenvalue weighted by Gasteiger charge is -2.31. The molecule has 0 aliphatic carbocycles. The first-order chi connectivity index (χ1) is 8.99. The molecular formula is C16H28N2O. The second-order valence-corrected chi connectivity index (χ2v) is 5.72. The Morgan fingerprint density at radius 3 is 2.37 bits per heavy atom. The van der Waals surface area contributed by atoms with Gasteiger partial charge in [0.15, 0.2) is 5.78 Å². The molecule has 0 amide bonds. The van der Waals surface area contributed by atoms with E-state index in [0.29, 0.717) is 18.5 Å². The number of aryl methyl sites for hydroxylation is 1. The van der Waals surface area contributed by atoms with Crippen LogP contribution in [-0.2, 0) is 7.05 Å². The Bertz CT molecular complexity index is 391. The maximum absolute atomic E-state index is 12.4. The van der Waals surface area contributed by atoms with Crippen molar-refractivity contribution in [2.75, 3.05) is 13.1 Å². The van der Waals surface area contributed by atoms with E-state index in [2.05, 4.69) is 32.6 Å². The van der Waals surface area contributed by atoms with E-state index >= 15 is 0 Å². The molecule has 0 radical (unpaired) electrons. The third kappa shape index (κ3) is 4.50. The van der Waals surface area contributed by atoms with Crippen LogP contribution in [0.5, 0.6) is 0 Å². The van der Waals surface area contributed by atoms with Crippen LogP contribution >= 0.6 is 0 Å². The summed E-state index contributed by atoms with van der Waals surface area (Å²) in [5.74, 6) is 0.807. The molecule has 1 aromatic rings. The summed E-state index contributed by atoms with van der Waals surface area (Å²) < 4.78 is 1.91. The Hall–Kier alpha value is -1.09. The molecule has 0 aliphatic heterocycles. The SMILES string of the molecule is CCC(CC)N(CC(=O)c1cccn1C)CC(C)C. The fourth-order valence-electron chi connectivity index (χ4n) is 2.63. The molecule has 1 heterocycles. The molecule has 1 aromatic heterocycles. The van der Waals surface area contributed by atoms with Crippen LogP contribution in [-0.4, -0.2) is 34.4 Å². The normalized spacial score (nSPS) is 11.8. The zero-order valence-corrected chi connectivity index (χ0v) is 13.0. The van der Waals surface area contributed by atoms with E-state index in [0.717, 1.165) is 25.1 Å². The largest absolute Gasteiger partial charge is 0.348 e. The monoisotopic (exact) mass is 264 g/mol. The Balaban J connectivity index is 2.77. The van der Waals surface area contributed by atoms with Gasteiger partial charge in [-0.15, -0.1) is 0 Å². The summed E-state index contributed by atoms with van der Waals surface area (Å²) in [6.07, 6.45) is 4.13.